The molecule has 2 unspecified atom stereocenters. The first-order valence-electron chi connectivity index (χ1n) is 31.6. The molecule has 0 aliphatic carbocycles. The van der Waals surface area contributed by atoms with Crippen molar-refractivity contribution in [2.24, 2.45) is 0 Å². The second kappa shape index (κ2) is 61.0. The van der Waals surface area contributed by atoms with E-state index in [9.17, 15) is 19.5 Å². The Kier molecular flexibility index (Phi) is 57.2. The van der Waals surface area contributed by atoms with E-state index in [1.165, 1.54) is 38.5 Å². The van der Waals surface area contributed by atoms with Gasteiger partial charge in [0.1, 0.15) is 13.2 Å². The number of rotatable bonds is 56. The van der Waals surface area contributed by atoms with Crippen molar-refractivity contribution < 1.29 is 42.9 Å². The van der Waals surface area contributed by atoms with Gasteiger partial charge in [-0.1, -0.05) is 242 Å². The molecule has 0 aliphatic rings. The molecule has 0 spiro atoms. The smallest absolute Gasteiger partial charge is 0.361 e. The van der Waals surface area contributed by atoms with E-state index in [-0.39, 0.29) is 38.6 Å². The molecular weight excluding hydrogens is 1010 g/mol. The van der Waals surface area contributed by atoms with Gasteiger partial charge in [-0.25, -0.2) is 4.79 Å². The van der Waals surface area contributed by atoms with Gasteiger partial charge in [-0.2, -0.15) is 0 Å². The number of likely N-dealkylation sites (N-methyl/N-ethyl adjacent to an activating group) is 1. The molecule has 1 N–H and O–H groups in total. The number of esters is 2. The lowest BCUT2D eigenvalue weighted by Crippen LogP contribution is -2.40. The summed E-state index contributed by atoms with van der Waals surface area (Å²) in [5.41, 5.74) is 0. The number of hydrogen-bond donors (Lipinski definition) is 1. The Morgan fingerprint density at radius 2 is 0.667 bits per heavy atom. The third-order valence-electron chi connectivity index (χ3n) is 12.8. The zero-order valence-electron chi connectivity index (χ0n) is 51.9. The van der Waals surface area contributed by atoms with Crippen molar-refractivity contribution in [2.45, 2.75) is 232 Å². The minimum absolute atomic E-state index is 0.174. The molecule has 2 atom stereocenters. The van der Waals surface area contributed by atoms with E-state index in [0.29, 0.717) is 23.9 Å². The van der Waals surface area contributed by atoms with Crippen molar-refractivity contribution in [1.82, 2.24) is 0 Å². The predicted octanol–water partition coefficient (Wildman–Crippen LogP) is 19.3. The van der Waals surface area contributed by atoms with Crippen molar-refractivity contribution in [3.05, 3.63) is 158 Å². The van der Waals surface area contributed by atoms with Crippen molar-refractivity contribution in [1.29, 1.82) is 0 Å². The van der Waals surface area contributed by atoms with E-state index < -0.39 is 24.3 Å². The minimum Gasteiger partial charge on any atom is -0.477 e. The number of unbranched alkanes of at least 4 members (excludes halogenated alkanes) is 15. The van der Waals surface area contributed by atoms with Gasteiger partial charge in [0.2, 0.25) is 0 Å². The summed E-state index contributed by atoms with van der Waals surface area (Å²) in [5.74, 6) is -2.05. The number of carbonyl (C=O) groups excluding carboxylic acids is 2. The van der Waals surface area contributed by atoms with E-state index in [1.807, 2.05) is 21.1 Å². The number of hydrogen-bond acceptors (Lipinski definition) is 7. The average molecular weight is 1120 g/mol. The first kappa shape index (κ1) is 75.9. The lowest BCUT2D eigenvalue weighted by Gasteiger charge is -2.25. The summed E-state index contributed by atoms with van der Waals surface area (Å²) in [5, 5.41) is 9.72. The molecule has 0 aromatic carbocycles. The Balaban J connectivity index is 4.25. The molecule has 9 heteroatoms. The molecule has 0 amide bonds. The van der Waals surface area contributed by atoms with Crippen LogP contribution < -0.4 is 0 Å². The molecule has 0 heterocycles. The summed E-state index contributed by atoms with van der Waals surface area (Å²) in [6.07, 6.45) is 87.5. The molecule has 9 nitrogen and oxygen atoms in total. The highest BCUT2D eigenvalue weighted by Gasteiger charge is 2.25. The van der Waals surface area contributed by atoms with Gasteiger partial charge < -0.3 is 28.5 Å². The fourth-order valence-electron chi connectivity index (χ4n) is 8.00. The Hall–Kier alpha value is -5.09. The molecule has 0 aromatic heterocycles. The van der Waals surface area contributed by atoms with Crippen LogP contribution in [0.15, 0.2) is 158 Å². The van der Waals surface area contributed by atoms with Gasteiger partial charge in [0, 0.05) is 12.8 Å². The molecule has 0 radical (unpaired) electrons. The standard InChI is InChI=1S/C72H115NO8/c1-6-8-10-12-14-16-18-20-22-24-26-28-29-30-31-32-33-34-35-36-37-38-39-40-41-43-45-47-49-51-53-55-57-59-61-63-70(75)81-68(67-80-72(71(76)77)78-65-64-73(3,4)5)66-79-69(74)62-60-58-56-54-52-50-48-46-44-42-27-25-23-21-19-17-15-13-11-9-7-2/h8-11,14-17,20-23,26-28,30-31,33-34,36-37,39-40,42,46,48,68,72H,6-7,12-13,18-19,24-25,29,32,35,38,41,43-45,47,49-67H2,1-5H3/p+1/b10-8-,11-9-,16-14-,17-15-,22-20-,23-21-,28-26-,31-30-,34-33-,37-36-,40-39-,42-27-,48-46-. The summed E-state index contributed by atoms with van der Waals surface area (Å²) in [6, 6.07) is 0. The minimum atomic E-state index is -1.53. The summed E-state index contributed by atoms with van der Waals surface area (Å²) >= 11 is 0. The third kappa shape index (κ3) is 62.4. The fourth-order valence-corrected chi connectivity index (χ4v) is 8.00. The number of aliphatic carboxylic acids is 1. The molecule has 0 aromatic rings. The number of allylic oxidation sites excluding steroid dienone is 26. The van der Waals surface area contributed by atoms with Crippen molar-refractivity contribution in [3.8, 4) is 0 Å². The van der Waals surface area contributed by atoms with Crippen LogP contribution in [0.4, 0.5) is 0 Å². The van der Waals surface area contributed by atoms with Gasteiger partial charge in [-0.3, -0.25) is 9.59 Å². The molecule has 0 saturated heterocycles. The highest BCUT2D eigenvalue weighted by Crippen LogP contribution is 2.15. The average Bonchev–Trinajstić information content (AvgIpc) is 3.44. The highest BCUT2D eigenvalue weighted by molar-refractivity contribution is 5.71. The molecule has 0 bridgehead atoms. The maximum absolute atomic E-state index is 12.9. The molecule has 0 saturated carbocycles. The topological polar surface area (TPSA) is 108 Å². The molecule has 0 rings (SSSR count). The van der Waals surface area contributed by atoms with E-state index in [1.54, 1.807) is 0 Å². The van der Waals surface area contributed by atoms with Gasteiger partial charge in [-0.05, 0) is 122 Å². The Labute approximate surface area is 495 Å². The number of quaternary nitrogens is 1. The maximum Gasteiger partial charge on any atom is 0.361 e. The van der Waals surface area contributed by atoms with Crippen molar-refractivity contribution >= 4 is 17.9 Å². The van der Waals surface area contributed by atoms with E-state index in [0.717, 1.165) is 141 Å². The third-order valence-corrected chi connectivity index (χ3v) is 12.8. The van der Waals surface area contributed by atoms with Gasteiger partial charge in [0.25, 0.3) is 6.29 Å². The van der Waals surface area contributed by atoms with Gasteiger partial charge in [0.05, 0.1) is 34.4 Å². The second-order valence-electron chi connectivity index (χ2n) is 21.6. The number of carboxylic acids is 1. The van der Waals surface area contributed by atoms with Crippen LogP contribution in [0.2, 0.25) is 0 Å². The summed E-state index contributed by atoms with van der Waals surface area (Å²) in [7, 11) is 5.95. The number of ether oxygens (including phenoxy) is 4. The molecule has 81 heavy (non-hydrogen) atoms. The highest BCUT2D eigenvalue weighted by atomic mass is 16.7. The van der Waals surface area contributed by atoms with Gasteiger partial charge in [-0.15, -0.1) is 0 Å². The predicted molar refractivity (Wildman–Crippen MR) is 345 cm³/mol. The van der Waals surface area contributed by atoms with E-state index >= 15 is 0 Å². The zero-order valence-corrected chi connectivity index (χ0v) is 51.9. The normalized spacial score (nSPS) is 13.8. The Bertz CT molecular complexity index is 1880. The van der Waals surface area contributed by atoms with Crippen LogP contribution in [0.5, 0.6) is 0 Å². The van der Waals surface area contributed by atoms with E-state index in [4.69, 9.17) is 18.9 Å². The lowest BCUT2D eigenvalue weighted by atomic mass is 10.0. The quantitative estimate of drug-likeness (QED) is 0.0211. The Morgan fingerprint density at radius 3 is 0.988 bits per heavy atom. The fraction of sp³-hybridized carbons (Fsp3) is 0.597. The van der Waals surface area contributed by atoms with Gasteiger partial charge >= 0.3 is 17.9 Å². The number of carboxylic acid groups (broad SMARTS) is 1. The van der Waals surface area contributed by atoms with Crippen LogP contribution in [0.3, 0.4) is 0 Å². The van der Waals surface area contributed by atoms with Crippen LogP contribution in [0, 0.1) is 0 Å². The summed E-state index contributed by atoms with van der Waals surface area (Å²) in [6.45, 7) is 4.60. The van der Waals surface area contributed by atoms with Crippen LogP contribution in [-0.4, -0.2) is 87.4 Å². The SMILES string of the molecule is CC/C=C\C/C=C\C/C=C\C/C=C\C/C=C\C/C=C\C/C=C\C/C=C\CCCCCCCCCCCCC(=O)OC(COC(=O)CCCCCCC/C=C\C/C=C\C/C=C\C/C=C\C/C=C\CC)COC(OCC[N+](C)(C)C)C(=O)O. The monoisotopic (exact) mass is 1120 g/mol. The number of nitrogens with zero attached hydrogens (tertiary/aromatic N) is 1. The first-order valence-corrected chi connectivity index (χ1v) is 31.6. The maximum atomic E-state index is 12.9. The zero-order chi connectivity index (χ0) is 59.1. The van der Waals surface area contributed by atoms with Crippen molar-refractivity contribution in [2.75, 3.05) is 47.5 Å². The number of carbonyl (C=O) groups is 3. The van der Waals surface area contributed by atoms with Gasteiger partial charge in [0.15, 0.2) is 6.10 Å². The summed E-state index contributed by atoms with van der Waals surface area (Å²) < 4.78 is 22.9. The largest absolute Gasteiger partial charge is 0.477 e. The van der Waals surface area contributed by atoms with Crippen LogP contribution in [-0.2, 0) is 33.3 Å². The van der Waals surface area contributed by atoms with Crippen LogP contribution >= 0.6 is 0 Å². The molecule has 0 aliphatic heterocycles. The lowest BCUT2D eigenvalue weighted by molar-refractivity contribution is -0.870. The Morgan fingerprint density at radius 1 is 0.370 bits per heavy atom. The van der Waals surface area contributed by atoms with E-state index in [2.05, 4.69) is 172 Å². The van der Waals surface area contributed by atoms with Crippen molar-refractivity contribution in [3.63, 3.8) is 0 Å². The summed E-state index contributed by atoms with van der Waals surface area (Å²) in [4.78, 5) is 37.5. The van der Waals surface area contributed by atoms with Crippen LogP contribution in [0.1, 0.15) is 219 Å². The van der Waals surface area contributed by atoms with Crippen LogP contribution in [0.25, 0.3) is 0 Å². The molecule has 456 valence electrons. The first-order chi connectivity index (χ1) is 39.6. The molecule has 0 fully saturated rings. The second-order valence-corrected chi connectivity index (χ2v) is 21.6. The molecular formula is C72H116NO8+.